The van der Waals surface area contributed by atoms with Gasteiger partial charge < -0.3 is 10.1 Å². The Hall–Kier alpha value is -2.34. The second kappa shape index (κ2) is 8.67. The summed E-state index contributed by atoms with van der Waals surface area (Å²) in [6.45, 7) is 2.33. The van der Waals surface area contributed by atoms with Crippen LogP contribution in [0.4, 0.5) is 0 Å². The number of ether oxygens (including phenoxy) is 1. The summed E-state index contributed by atoms with van der Waals surface area (Å²) in [6.07, 6.45) is 0.572. The highest BCUT2D eigenvalue weighted by atomic mass is 32.2. The third-order valence-electron chi connectivity index (χ3n) is 3.89. The summed E-state index contributed by atoms with van der Waals surface area (Å²) in [7, 11) is -1.84. The van der Waals surface area contributed by atoms with Crippen LogP contribution >= 0.6 is 0 Å². The molecule has 134 valence electrons. The van der Waals surface area contributed by atoms with Crippen LogP contribution in [0.1, 0.15) is 17.5 Å². The molecule has 5 nitrogen and oxygen atoms in total. The number of hydrogen-bond acceptors (Lipinski definition) is 4. The van der Waals surface area contributed by atoms with Gasteiger partial charge in [0.15, 0.2) is 9.84 Å². The number of nitrogens with one attached hydrogen (secondary N) is 1. The van der Waals surface area contributed by atoms with E-state index < -0.39 is 9.84 Å². The van der Waals surface area contributed by atoms with Gasteiger partial charge in [-0.25, -0.2) is 8.42 Å². The molecule has 0 fully saturated rings. The highest BCUT2D eigenvalue weighted by Crippen LogP contribution is 2.17. The largest absolute Gasteiger partial charge is 0.496 e. The van der Waals surface area contributed by atoms with Gasteiger partial charge in [-0.15, -0.1) is 0 Å². The Morgan fingerprint density at radius 3 is 2.44 bits per heavy atom. The van der Waals surface area contributed by atoms with Crippen LogP contribution in [0.5, 0.6) is 5.75 Å². The number of benzene rings is 2. The Morgan fingerprint density at radius 1 is 1.08 bits per heavy atom. The minimum absolute atomic E-state index is 0.0534. The number of para-hydroxylation sites is 1. The number of amides is 1. The van der Waals surface area contributed by atoms with Gasteiger partial charge >= 0.3 is 0 Å². The monoisotopic (exact) mass is 361 g/mol. The van der Waals surface area contributed by atoms with Crippen LogP contribution in [0.15, 0.2) is 53.4 Å². The van der Waals surface area contributed by atoms with E-state index in [2.05, 4.69) is 5.32 Å². The second-order valence-corrected chi connectivity index (χ2v) is 7.90. The van der Waals surface area contributed by atoms with Gasteiger partial charge in [0, 0.05) is 13.0 Å². The number of methoxy groups -OCH3 is 1. The van der Waals surface area contributed by atoms with Crippen LogP contribution in [-0.4, -0.2) is 33.7 Å². The summed E-state index contributed by atoms with van der Waals surface area (Å²) in [5.74, 6) is 0.306. The van der Waals surface area contributed by atoms with Crippen molar-refractivity contribution in [2.24, 2.45) is 0 Å². The summed E-state index contributed by atoms with van der Waals surface area (Å²) < 4.78 is 29.7. The summed E-state index contributed by atoms with van der Waals surface area (Å²) in [5.41, 5.74) is 1.99. The van der Waals surface area contributed by atoms with Crippen LogP contribution in [0.2, 0.25) is 0 Å². The van der Waals surface area contributed by atoms with Crippen molar-refractivity contribution < 1.29 is 17.9 Å². The minimum atomic E-state index is -3.44. The molecule has 0 heterocycles. The normalized spacial score (nSPS) is 11.1. The fraction of sp³-hybridized carbons (Fsp3) is 0.316. The fourth-order valence-electron chi connectivity index (χ4n) is 2.42. The number of aryl methyl sites for hydroxylation is 1. The Balaban J connectivity index is 1.81. The lowest BCUT2D eigenvalue weighted by Crippen LogP contribution is -2.27. The van der Waals surface area contributed by atoms with Gasteiger partial charge in [0.05, 0.1) is 17.8 Å². The molecule has 25 heavy (non-hydrogen) atoms. The van der Waals surface area contributed by atoms with E-state index in [4.69, 9.17) is 4.74 Å². The number of rotatable bonds is 8. The highest BCUT2D eigenvalue weighted by Gasteiger charge is 2.16. The second-order valence-electron chi connectivity index (χ2n) is 5.79. The predicted molar refractivity (Wildman–Crippen MR) is 97.6 cm³/mol. The zero-order chi connectivity index (χ0) is 18.3. The molecule has 0 aliphatic rings. The lowest BCUT2D eigenvalue weighted by molar-refractivity contribution is -0.120. The third-order valence-corrected chi connectivity index (χ3v) is 5.62. The van der Waals surface area contributed by atoms with Crippen molar-refractivity contribution >= 4 is 15.7 Å². The van der Waals surface area contributed by atoms with Crippen molar-refractivity contribution in [3.05, 3.63) is 59.7 Å². The molecule has 0 unspecified atom stereocenters. The first-order chi connectivity index (χ1) is 11.9. The Bertz CT molecular complexity index is 814. The standard InChI is InChI=1S/C19H23NO4S/c1-15-7-9-17(10-8-15)25(22,23)14-12-19(21)20-13-11-16-5-3-4-6-18(16)24-2/h3-10H,11-14H2,1-2H3,(H,20,21). The van der Waals surface area contributed by atoms with Crippen molar-refractivity contribution in [3.63, 3.8) is 0 Å². The molecule has 2 aromatic rings. The maximum absolute atomic E-state index is 12.2. The van der Waals surface area contributed by atoms with Gasteiger partial charge in [0.25, 0.3) is 0 Å². The van der Waals surface area contributed by atoms with Crippen molar-refractivity contribution in [2.75, 3.05) is 19.4 Å². The van der Waals surface area contributed by atoms with Gasteiger partial charge in [-0.2, -0.15) is 0 Å². The van der Waals surface area contributed by atoms with Crippen LogP contribution in [0, 0.1) is 6.92 Å². The summed E-state index contributed by atoms with van der Waals surface area (Å²) in [4.78, 5) is 12.2. The summed E-state index contributed by atoms with van der Waals surface area (Å²) in [5, 5.41) is 2.76. The lowest BCUT2D eigenvalue weighted by atomic mass is 10.1. The molecule has 1 amide bonds. The van der Waals surface area contributed by atoms with Crippen molar-refractivity contribution in [2.45, 2.75) is 24.7 Å². The molecule has 0 spiro atoms. The van der Waals surface area contributed by atoms with Crippen LogP contribution in [-0.2, 0) is 21.1 Å². The predicted octanol–water partition coefficient (Wildman–Crippen LogP) is 2.53. The lowest BCUT2D eigenvalue weighted by Gasteiger charge is -2.09. The van der Waals surface area contributed by atoms with E-state index in [-0.39, 0.29) is 23.0 Å². The zero-order valence-corrected chi connectivity index (χ0v) is 15.3. The zero-order valence-electron chi connectivity index (χ0n) is 14.5. The molecule has 0 aliphatic carbocycles. The van der Waals surface area contributed by atoms with E-state index >= 15 is 0 Å². The number of sulfone groups is 1. The Kier molecular flexibility index (Phi) is 6.58. The Morgan fingerprint density at radius 2 is 1.76 bits per heavy atom. The smallest absolute Gasteiger partial charge is 0.221 e. The Labute approximate surface area is 148 Å². The van der Waals surface area contributed by atoms with Gasteiger partial charge in [-0.1, -0.05) is 35.9 Å². The molecular formula is C19H23NO4S. The minimum Gasteiger partial charge on any atom is -0.496 e. The van der Waals surface area contributed by atoms with Gasteiger partial charge in [0.2, 0.25) is 5.91 Å². The molecule has 2 aromatic carbocycles. The van der Waals surface area contributed by atoms with E-state index in [0.29, 0.717) is 13.0 Å². The first-order valence-electron chi connectivity index (χ1n) is 8.10. The van der Waals surface area contributed by atoms with E-state index in [1.54, 1.807) is 31.4 Å². The number of hydrogen-bond donors (Lipinski definition) is 1. The topological polar surface area (TPSA) is 72.5 Å². The maximum Gasteiger partial charge on any atom is 0.221 e. The number of carbonyl (C=O) groups excluding carboxylic acids is 1. The molecule has 0 aromatic heterocycles. The average molecular weight is 361 g/mol. The van der Waals surface area contributed by atoms with Crippen LogP contribution < -0.4 is 10.1 Å². The first-order valence-corrected chi connectivity index (χ1v) is 9.75. The molecule has 0 aliphatic heterocycles. The third kappa shape index (κ3) is 5.60. The summed E-state index contributed by atoms with van der Waals surface area (Å²) in [6, 6.07) is 14.2. The number of carbonyl (C=O) groups is 1. The molecule has 0 radical (unpaired) electrons. The van der Waals surface area contributed by atoms with Crippen molar-refractivity contribution in [1.29, 1.82) is 0 Å². The molecule has 0 bridgehead atoms. The van der Waals surface area contributed by atoms with E-state index in [1.807, 2.05) is 31.2 Å². The van der Waals surface area contributed by atoms with Gasteiger partial charge in [0.1, 0.15) is 5.75 Å². The van der Waals surface area contributed by atoms with Crippen molar-refractivity contribution in [1.82, 2.24) is 5.32 Å². The van der Waals surface area contributed by atoms with E-state index in [1.165, 1.54) is 0 Å². The SMILES string of the molecule is COc1ccccc1CCNC(=O)CCS(=O)(=O)c1ccc(C)cc1. The van der Waals surface area contributed by atoms with Gasteiger partial charge in [-0.05, 0) is 37.1 Å². The first kappa shape index (κ1) is 19.0. The van der Waals surface area contributed by atoms with Crippen molar-refractivity contribution in [3.8, 4) is 5.75 Å². The fourth-order valence-corrected chi connectivity index (χ4v) is 3.67. The summed E-state index contributed by atoms with van der Waals surface area (Å²) >= 11 is 0. The molecule has 0 atom stereocenters. The molecule has 0 saturated heterocycles. The maximum atomic E-state index is 12.2. The average Bonchev–Trinajstić information content (AvgIpc) is 2.61. The molecule has 2 rings (SSSR count). The molecule has 1 N–H and O–H groups in total. The van der Waals surface area contributed by atoms with E-state index in [0.717, 1.165) is 16.9 Å². The molecule has 6 heteroatoms. The quantitative estimate of drug-likeness (QED) is 0.784. The molecule has 0 saturated carbocycles. The van der Waals surface area contributed by atoms with Crippen LogP contribution in [0.3, 0.4) is 0 Å². The highest BCUT2D eigenvalue weighted by molar-refractivity contribution is 7.91. The molecular weight excluding hydrogens is 338 g/mol. The van der Waals surface area contributed by atoms with Crippen LogP contribution in [0.25, 0.3) is 0 Å². The van der Waals surface area contributed by atoms with E-state index in [9.17, 15) is 13.2 Å². The van der Waals surface area contributed by atoms with Gasteiger partial charge in [-0.3, -0.25) is 4.79 Å².